The second-order valence-corrected chi connectivity index (χ2v) is 6.03. The molecule has 4 heteroatoms. The molecule has 1 saturated heterocycles. The summed E-state index contributed by atoms with van der Waals surface area (Å²) in [5, 5.41) is 9.05. The average Bonchev–Trinajstić information content (AvgIpc) is 3.08. The second-order valence-electron chi connectivity index (χ2n) is 6.03. The van der Waals surface area contributed by atoms with Crippen molar-refractivity contribution in [1.82, 2.24) is 4.90 Å². The predicted molar refractivity (Wildman–Crippen MR) is 74.4 cm³/mol. The summed E-state index contributed by atoms with van der Waals surface area (Å²) in [6.07, 6.45) is 2.33. The molecule has 3 rings (SSSR count). The van der Waals surface area contributed by atoms with E-state index in [4.69, 9.17) is 5.11 Å². The van der Waals surface area contributed by atoms with Crippen LogP contribution in [0.25, 0.3) is 0 Å². The highest BCUT2D eigenvalue weighted by Crippen LogP contribution is 2.50. The topological polar surface area (TPSA) is 57.6 Å². The molecule has 1 heterocycles. The summed E-state index contributed by atoms with van der Waals surface area (Å²) in [5.41, 5.74) is 1.87. The van der Waals surface area contributed by atoms with Crippen LogP contribution in [0.4, 0.5) is 0 Å². The van der Waals surface area contributed by atoms with Crippen molar-refractivity contribution in [2.75, 3.05) is 13.1 Å². The summed E-state index contributed by atoms with van der Waals surface area (Å²) in [6, 6.07) is 8.11. The first-order valence-corrected chi connectivity index (χ1v) is 7.12. The molecule has 2 fully saturated rings. The van der Waals surface area contributed by atoms with Gasteiger partial charge in [-0.25, -0.2) is 0 Å². The normalized spacial score (nSPS) is 23.6. The Labute approximate surface area is 118 Å². The van der Waals surface area contributed by atoms with Gasteiger partial charge in [-0.15, -0.1) is 0 Å². The zero-order valence-corrected chi connectivity index (χ0v) is 11.6. The van der Waals surface area contributed by atoms with Crippen molar-refractivity contribution in [3.8, 4) is 0 Å². The van der Waals surface area contributed by atoms with Crippen molar-refractivity contribution in [2.24, 2.45) is 5.92 Å². The number of aryl methyl sites for hydroxylation is 1. The van der Waals surface area contributed by atoms with Crippen LogP contribution in [0.3, 0.4) is 0 Å². The summed E-state index contributed by atoms with van der Waals surface area (Å²) in [7, 11) is 0. The molecule has 1 unspecified atom stereocenters. The third-order valence-electron chi connectivity index (χ3n) is 4.55. The second kappa shape index (κ2) is 4.62. The van der Waals surface area contributed by atoms with Gasteiger partial charge in [0.15, 0.2) is 0 Å². The van der Waals surface area contributed by atoms with Gasteiger partial charge in [0, 0.05) is 13.1 Å². The lowest BCUT2D eigenvalue weighted by Crippen LogP contribution is -2.38. The minimum atomic E-state index is -0.791. The van der Waals surface area contributed by atoms with E-state index in [0.29, 0.717) is 19.5 Å². The molecule has 1 aromatic carbocycles. The van der Waals surface area contributed by atoms with Gasteiger partial charge in [-0.3, -0.25) is 9.59 Å². The Morgan fingerprint density at radius 2 is 2.10 bits per heavy atom. The van der Waals surface area contributed by atoms with Gasteiger partial charge in [-0.2, -0.15) is 0 Å². The van der Waals surface area contributed by atoms with Gasteiger partial charge in [0.2, 0.25) is 5.91 Å². The van der Waals surface area contributed by atoms with Crippen molar-refractivity contribution in [3.63, 3.8) is 0 Å². The number of hydrogen-bond acceptors (Lipinski definition) is 2. The van der Waals surface area contributed by atoms with Crippen LogP contribution in [0, 0.1) is 12.8 Å². The van der Waals surface area contributed by atoms with E-state index in [1.807, 2.05) is 25.1 Å². The molecule has 20 heavy (non-hydrogen) atoms. The van der Waals surface area contributed by atoms with E-state index in [-0.39, 0.29) is 11.3 Å². The Morgan fingerprint density at radius 3 is 2.65 bits per heavy atom. The Hall–Kier alpha value is -1.84. The van der Waals surface area contributed by atoms with Crippen LogP contribution < -0.4 is 0 Å². The van der Waals surface area contributed by atoms with Gasteiger partial charge in [0.05, 0.1) is 11.3 Å². The molecule has 0 spiro atoms. The maximum absolute atomic E-state index is 12.7. The van der Waals surface area contributed by atoms with E-state index in [0.717, 1.165) is 24.0 Å². The number of carbonyl (C=O) groups excluding carboxylic acids is 1. The van der Waals surface area contributed by atoms with Crippen LogP contribution in [0.5, 0.6) is 0 Å². The first-order valence-electron chi connectivity index (χ1n) is 7.12. The largest absolute Gasteiger partial charge is 0.481 e. The zero-order chi connectivity index (χ0) is 14.3. The van der Waals surface area contributed by atoms with Crippen LogP contribution in [0.1, 0.15) is 30.4 Å². The van der Waals surface area contributed by atoms with Crippen LogP contribution in [0.2, 0.25) is 0 Å². The van der Waals surface area contributed by atoms with Crippen LogP contribution in [0.15, 0.2) is 24.3 Å². The summed E-state index contributed by atoms with van der Waals surface area (Å²) in [5.74, 6) is -1.07. The molecule has 1 N–H and O–H groups in total. The van der Waals surface area contributed by atoms with Crippen molar-refractivity contribution in [2.45, 2.75) is 31.6 Å². The number of hydrogen-bond donors (Lipinski definition) is 1. The fourth-order valence-electron chi connectivity index (χ4n) is 3.14. The molecule has 106 valence electrons. The van der Waals surface area contributed by atoms with Gasteiger partial charge in [-0.1, -0.05) is 29.8 Å². The zero-order valence-electron chi connectivity index (χ0n) is 11.6. The van der Waals surface area contributed by atoms with Crippen molar-refractivity contribution in [3.05, 3.63) is 35.4 Å². The molecule has 0 aromatic heterocycles. The summed E-state index contributed by atoms with van der Waals surface area (Å²) < 4.78 is 0. The number of nitrogens with zero attached hydrogens (tertiary/aromatic N) is 1. The van der Waals surface area contributed by atoms with E-state index in [9.17, 15) is 9.59 Å². The quantitative estimate of drug-likeness (QED) is 0.916. The SMILES string of the molecule is Cc1cccc(C2(C(=O)N3CCC(C(=O)O)C3)CC2)c1. The van der Waals surface area contributed by atoms with Gasteiger partial charge < -0.3 is 10.0 Å². The molecular weight excluding hydrogens is 254 g/mol. The smallest absolute Gasteiger partial charge is 0.308 e. The molecule has 1 aromatic rings. The third-order valence-corrected chi connectivity index (χ3v) is 4.55. The molecular formula is C16H19NO3. The van der Waals surface area contributed by atoms with E-state index < -0.39 is 11.9 Å². The minimum Gasteiger partial charge on any atom is -0.481 e. The van der Waals surface area contributed by atoms with Gasteiger partial charge in [0.25, 0.3) is 0 Å². The van der Waals surface area contributed by atoms with Crippen molar-refractivity contribution < 1.29 is 14.7 Å². The maximum Gasteiger partial charge on any atom is 0.308 e. The Kier molecular flexibility index (Phi) is 3.04. The Balaban J connectivity index is 1.79. The number of amides is 1. The summed E-state index contributed by atoms with van der Waals surface area (Å²) in [6.45, 7) is 2.96. The molecule has 1 saturated carbocycles. The summed E-state index contributed by atoms with van der Waals surface area (Å²) in [4.78, 5) is 25.5. The maximum atomic E-state index is 12.7. The van der Waals surface area contributed by atoms with E-state index in [1.54, 1.807) is 4.90 Å². The highest BCUT2D eigenvalue weighted by Gasteiger charge is 2.54. The van der Waals surface area contributed by atoms with E-state index >= 15 is 0 Å². The van der Waals surface area contributed by atoms with Crippen LogP contribution in [-0.4, -0.2) is 35.0 Å². The predicted octanol–water partition coefficient (Wildman–Crippen LogP) is 1.96. The number of carbonyl (C=O) groups is 2. The standard InChI is InChI=1S/C16H19NO3/c1-11-3-2-4-13(9-11)16(6-7-16)15(20)17-8-5-12(10-17)14(18)19/h2-4,9,12H,5-8,10H2,1H3,(H,18,19). The van der Waals surface area contributed by atoms with E-state index in [2.05, 4.69) is 6.07 Å². The van der Waals surface area contributed by atoms with Crippen molar-refractivity contribution >= 4 is 11.9 Å². The first-order chi connectivity index (χ1) is 9.53. The lowest BCUT2D eigenvalue weighted by molar-refractivity contribution is -0.141. The number of carboxylic acid groups (broad SMARTS) is 1. The molecule has 1 aliphatic heterocycles. The van der Waals surface area contributed by atoms with Gasteiger partial charge >= 0.3 is 5.97 Å². The Morgan fingerprint density at radius 1 is 1.35 bits per heavy atom. The number of likely N-dealkylation sites (tertiary alicyclic amines) is 1. The molecule has 2 aliphatic rings. The summed E-state index contributed by atoms with van der Waals surface area (Å²) >= 11 is 0. The molecule has 0 radical (unpaired) electrons. The highest BCUT2D eigenvalue weighted by molar-refractivity contribution is 5.92. The van der Waals surface area contributed by atoms with Crippen LogP contribution >= 0.6 is 0 Å². The fourth-order valence-corrected chi connectivity index (χ4v) is 3.14. The van der Waals surface area contributed by atoms with Crippen LogP contribution in [-0.2, 0) is 15.0 Å². The van der Waals surface area contributed by atoms with Gasteiger partial charge in [-0.05, 0) is 31.7 Å². The third kappa shape index (κ3) is 2.09. The number of rotatable bonds is 3. The Bertz CT molecular complexity index is 563. The van der Waals surface area contributed by atoms with Crippen molar-refractivity contribution in [1.29, 1.82) is 0 Å². The lowest BCUT2D eigenvalue weighted by Gasteiger charge is -2.23. The molecule has 1 aliphatic carbocycles. The molecule has 1 atom stereocenters. The van der Waals surface area contributed by atoms with E-state index in [1.165, 1.54) is 0 Å². The fraction of sp³-hybridized carbons (Fsp3) is 0.500. The van der Waals surface area contributed by atoms with Gasteiger partial charge in [0.1, 0.15) is 0 Å². The monoisotopic (exact) mass is 273 g/mol. The highest BCUT2D eigenvalue weighted by atomic mass is 16.4. The number of aliphatic carboxylic acids is 1. The molecule has 0 bridgehead atoms. The molecule has 4 nitrogen and oxygen atoms in total. The lowest BCUT2D eigenvalue weighted by atomic mass is 9.93. The number of carboxylic acids is 1. The minimum absolute atomic E-state index is 0.117. The average molecular weight is 273 g/mol. The first kappa shape index (κ1) is 13.2. The molecule has 1 amide bonds. The number of benzene rings is 1.